The van der Waals surface area contributed by atoms with Gasteiger partial charge in [-0.15, -0.1) is 0 Å². The van der Waals surface area contributed by atoms with Crippen LogP contribution >= 0.6 is 25.3 Å². The second-order valence-electron chi connectivity index (χ2n) is 3.41. The van der Waals surface area contributed by atoms with Gasteiger partial charge in [-0.1, -0.05) is 33.1 Å². The van der Waals surface area contributed by atoms with Crippen LogP contribution in [0.25, 0.3) is 0 Å². The molecule has 0 spiro atoms. The number of ether oxygens (including phenoxy) is 1. The minimum absolute atomic E-state index is 0. The first-order valence-corrected chi connectivity index (χ1v) is 6.06. The first-order chi connectivity index (χ1) is 6.54. The van der Waals surface area contributed by atoms with E-state index in [-0.39, 0.29) is 29.9 Å². The fraction of sp³-hybridized carbons (Fsp3) is 0.900. The van der Waals surface area contributed by atoms with Gasteiger partial charge in [0.25, 0.3) is 0 Å². The molecule has 0 aliphatic rings. The summed E-state index contributed by atoms with van der Waals surface area (Å²) in [5.74, 6) is -0.314. The minimum atomic E-state index is -0.913. The number of rotatable bonds is 7. The number of hydrogen-bond donors (Lipinski definition) is 2. The zero-order valence-corrected chi connectivity index (χ0v) is 15.5. The third kappa shape index (κ3) is 8.74. The van der Waals surface area contributed by atoms with Gasteiger partial charge in [-0.05, 0) is 12.8 Å². The molecule has 0 unspecified atom stereocenters. The Hall–Kier alpha value is 0.969. The van der Waals surface area contributed by atoms with Crippen LogP contribution in [0.2, 0.25) is 0 Å². The van der Waals surface area contributed by atoms with Gasteiger partial charge in [0.15, 0.2) is 4.08 Å². The average Bonchev–Trinajstić information content (AvgIpc) is 2.15. The standard InChI is InChI=1S/C10H20O2S2.Sn.2H/c1-3-5-7-10(13,14)9(11)12-8-6-4-2;;;/h13-14H,3-8H2,1-2H3;;;. The predicted molar refractivity (Wildman–Crippen MR) is 74.6 cm³/mol. The van der Waals surface area contributed by atoms with Crippen molar-refractivity contribution >= 4 is 55.1 Å². The van der Waals surface area contributed by atoms with Gasteiger partial charge in [0.05, 0.1) is 6.61 Å². The Kier molecular flexibility index (Phi) is 12.4. The van der Waals surface area contributed by atoms with Crippen LogP contribution in [-0.4, -0.2) is 40.6 Å². The van der Waals surface area contributed by atoms with E-state index in [0.29, 0.717) is 13.0 Å². The molecule has 0 bridgehead atoms. The molecule has 0 aliphatic carbocycles. The normalized spacial score (nSPS) is 10.7. The molecule has 0 fully saturated rings. The van der Waals surface area contributed by atoms with Gasteiger partial charge in [0, 0.05) is 0 Å². The Morgan fingerprint density at radius 2 is 1.73 bits per heavy atom. The van der Waals surface area contributed by atoms with Gasteiger partial charge in [0.1, 0.15) is 0 Å². The summed E-state index contributed by atoms with van der Waals surface area (Å²) in [6.45, 7) is 4.60. The molecule has 0 aromatic rings. The molecule has 90 valence electrons. The summed E-state index contributed by atoms with van der Waals surface area (Å²) in [5, 5.41) is 0. The van der Waals surface area contributed by atoms with E-state index in [4.69, 9.17) is 4.74 Å². The zero-order valence-electron chi connectivity index (χ0n) is 9.66. The molecule has 5 heteroatoms. The number of thiol groups is 2. The van der Waals surface area contributed by atoms with Gasteiger partial charge in [-0.25, -0.2) is 4.79 Å². The number of unbranched alkanes of at least 4 members (excludes halogenated alkanes) is 2. The maximum absolute atomic E-state index is 11.5. The zero-order chi connectivity index (χ0) is 11.0. The Morgan fingerprint density at radius 3 is 2.20 bits per heavy atom. The van der Waals surface area contributed by atoms with Gasteiger partial charge >= 0.3 is 29.9 Å². The topological polar surface area (TPSA) is 26.3 Å². The summed E-state index contributed by atoms with van der Waals surface area (Å²) >= 11 is 8.41. The summed E-state index contributed by atoms with van der Waals surface area (Å²) < 4.78 is 4.14. The van der Waals surface area contributed by atoms with E-state index in [2.05, 4.69) is 39.1 Å². The van der Waals surface area contributed by atoms with Crippen LogP contribution in [0.15, 0.2) is 0 Å². The molecule has 0 aliphatic heterocycles. The van der Waals surface area contributed by atoms with Crippen LogP contribution in [-0.2, 0) is 9.53 Å². The van der Waals surface area contributed by atoms with Crippen LogP contribution in [0.3, 0.4) is 0 Å². The summed E-state index contributed by atoms with van der Waals surface area (Å²) in [6.07, 6.45) is 4.55. The van der Waals surface area contributed by atoms with Gasteiger partial charge < -0.3 is 4.74 Å². The van der Waals surface area contributed by atoms with Crippen LogP contribution in [0, 0.1) is 0 Å². The van der Waals surface area contributed by atoms with Crippen molar-refractivity contribution in [2.45, 2.75) is 50.0 Å². The molecule has 0 aromatic heterocycles. The maximum atomic E-state index is 11.5. The monoisotopic (exact) mass is 358 g/mol. The van der Waals surface area contributed by atoms with Crippen molar-refractivity contribution in [1.29, 1.82) is 0 Å². The van der Waals surface area contributed by atoms with Crippen molar-refractivity contribution in [3.05, 3.63) is 0 Å². The first kappa shape index (κ1) is 18.3. The number of carbonyl (C=O) groups excluding carboxylic acids is 1. The van der Waals surface area contributed by atoms with E-state index in [1.165, 1.54) is 0 Å². The van der Waals surface area contributed by atoms with Crippen LogP contribution in [0.4, 0.5) is 0 Å². The van der Waals surface area contributed by atoms with E-state index < -0.39 is 4.08 Å². The van der Waals surface area contributed by atoms with Crippen LogP contribution in [0.5, 0.6) is 0 Å². The molecule has 0 heterocycles. The molecule has 0 amide bonds. The predicted octanol–water partition coefficient (Wildman–Crippen LogP) is 2.16. The van der Waals surface area contributed by atoms with E-state index in [9.17, 15) is 4.79 Å². The Morgan fingerprint density at radius 1 is 1.20 bits per heavy atom. The van der Waals surface area contributed by atoms with E-state index in [0.717, 1.165) is 25.7 Å². The molecule has 0 N–H and O–H groups in total. The number of esters is 1. The molecule has 0 aromatic carbocycles. The summed E-state index contributed by atoms with van der Waals surface area (Å²) in [7, 11) is 0. The molecule has 15 heavy (non-hydrogen) atoms. The van der Waals surface area contributed by atoms with Crippen molar-refractivity contribution in [2.24, 2.45) is 0 Å². The summed E-state index contributed by atoms with van der Waals surface area (Å²) in [6, 6.07) is 0. The Labute approximate surface area is 121 Å². The quantitative estimate of drug-likeness (QED) is 0.240. The van der Waals surface area contributed by atoms with Crippen molar-refractivity contribution in [2.75, 3.05) is 6.61 Å². The molecule has 0 saturated carbocycles. The van der Waals surface area contributed by atoms with Crippen LogP contribution in [0.1, 0.15) is 46.0 Å². The van der Waals surface area contributed by atoms with Gasteiger partial charge in [-0.3, -0.25) is 0 Å². The number of carbonyl (C=O) groups is 1. The van der Waals surface area contributed by atoms with Gasteiger partial charge in [-0.2, -0.15) is 25.3 Å². The van der Waals surface area contributed by atoms with Crippen molar-refractivity contribution in [3.63, 3.8) is 0 Å². The molecule has 0 atom stereocenters. The summed E-state index contributed by atoms with van der Waals surface area (Å²) in [5.41, 5.74) is 0. The third-order valence-corrected chi connectivity index (χ3v) is 2.75. The van der Waals surface area contributed by atoms with Crippen molar-refractivity contribution < 1.29 is 9.53 Å². The molecule has 2 nitrogen and oxygen atoms in total. The van der Waals surface area contributed by atoms with E-state index in [1.807, 2.05) is 0 Å². The van der Waals surface area contributed by atoms with Gasteiger partial charge in [0.2, 0.25) is 0 Å². The van der Waals surface area contributed by atoms with Crippen LogP contribution < -0.4 is 0 Å². The molecular formula is C10H22O2S2Sn. The second-order valence-corrected chi connectivity index (χ2v) is 5.29. The molecular weight excluding hydrogens is 335 g/mol. The molecule has 0 saturated heterocycles. The second kappa shape index (κ2) is 10.1. The van der Waals surface area contributed by atoms with E-state index >= 15 is 0 Å². The Bertz CT molecular complexity index is 175. The number of hydrogen-bond acceptors (Lipinski definition) is 4. The Balaban J connectivity index is 0. The van der Waals surface area contributed by atoms with Crippen molar-refractivity contribution in [3.8, 4) is 0 Å². The average molecular weight is 357 g/mol. The van der Waals surface area contributed by atoms with E-state index in [1.54, 1.807) is 0 Å². The summed E-state index contributed by atoms with van der Waals surface area (Å²) in [4.78, 5) is 11.5. The molecule has 0 rings (SSSR count). The fourth-order valence-corrected chi connectivity index (χ4v) is 1.40. The first-order valence-electron chi connectivity index (χ1n) is 5.16. The fourth-order valence-electron chi connectivity index (χ4n) is 0.950. The van der Waals surface area contributed by atoms with Crippen molar-refractivity contribution in [1.82, 2.24) is 0 Å². The molecule has 2 radical (unpaired) electrons. The SMILES string of the molecule is CCCCOC(=O)C(S)(S)CCCC.[SnH2]. The third-order valence-electron chi connectivity index (χ3n) is 1.94.